The van der Waals surface area contributed by atoms with E-state index >= 15 is 0 Å². The third kappa shape index (κ3) is 3.37. The summed E-state index contributed by atoms with van der Waals surface area (Å²) in [6.07, 6.45) is 1.63. The van der Waals surface area contributed by atoms with Crippen molar-refractivity contribution in [2.45, 2.75) is 6.54 Å². The number of rotatable bonds is 5. The van der Waals surface area contributed by atoms with Crippen molar-refractivity contribution >= 4 is 17.2 Å². The molecule has 0 unspecified atom stereocenters. The zero-order valence-corrected chi connectivity index (χ0v) is 13.9. The van der Waals surface area contributed by atoms with Crippen molar-refractivity contribution in [3.8, 4) is 0 Å². The number of nitrogens with zero attached hydrogens (tertiary/aromatic N) is 4. The van der Waals surface area contributed by atoms with Crippen LogP contribution in [0.25, 0.3) is 5.65 Å². The molecule has 1 N–H and O–H groups in total. The molecule has 8 heteroatoms. The first-order valence-corrected chi connectivity index (χ1v) is 7.76. The third-order valence-corrected chi connectivity index (χ3v) is 3.79. The second-order valence-electron chi connectivity index (χ2n) is 5.75. The molecule has 0 aliphatic rings. The molecule has 0 aliphatic carbocycles. The van der Waals surface area contributed by atoms with Gasteiger partial charge in [-0.3, -0.25) is 9.20 Å². The fourth-order valence-electron chi connectivity index (χ4n) is 2.50. The highest BCUT2D eigenvalue weighted by molar-refractivity contribution is 5.94. The van der Waals surface area contributed by atoms with Gasteiger partial charge < -0.3 is 10.2 Å². The van der Waals surface area contributed by atoms with Gasteiger partial charge >= 0.3 is 5.69 Å². The lowest BCUT2D eigenvalue weighted by Gasteiger charge is -2.14. The number of fused-ring (bicyclic) bond motifs is 1. The highest BCUT2D eigenvalue weighted by Gasteiger charge is 2.11. The molecule has 0 fully saturated rings. The average Bonchev–Trinajstić information content (AvgIpc) is 2.91. The molecule has 0 aliphatic heterocycles. The van der Waals surface area contributed by atoms with Crippen LogP contribution in [0.4, 0.5) is 10.1 Å². The second kappa shape index (κ2) is 6.76. The van der Waals surface area contributed by atoms with E-state index in [2.05, 4.69) is 10.4 Å². The summed E-state index contributed by atoms with van der Waals surface area (Å²) in [5.74, 6) is -0.866. The van der Waals surface area contributed by atoms with E-state index in [9.17, 15) is 14.0 Å². The molecular weight excluding hydrogens is 325 g/mol. The Morgan fingerprint density at radius 2 is 2.08 bits per heavy atom. The fourth-order valence-corrected chi connectivity index (χ4v) is 2.50. The molecule has 0 spiro atoms. The van der Waals surface area contributed by atoms with E-state index in [1.807, 2.05) is 0 Å². The fraction of sp³-hybridized carbons (Fsp3) is 0.235. The van der Waals surface area contributed by atoms with Gasteiger partial charge in [-0.15, -0.1) is 5.10 Å². The Kier molecular flexibility index (Phi) is 4.51. The zero-order valence-electron chi connectivity index (χ0n) is 13.9. The number of carbonyl (C=O) groups is 1. The summed E-state index contributed by atoms with van der Waals surface area (Å²) in [6, 6.07) is 9.57. The Hall–Kier alpha value is -3.16. The Bertz CT molecular complexity index is 977. The van der Waals surface area contributed by atoms with Gasteiger partial charge in [-0.1, -0.05) is 6.07 Å². The van der Waals surface area contributed by atoms with Crippen molar-refractivity contribution in [1.82, 2.24) is 19.5 Å². The first kappa shape index (κ1) is 16.7. The van der Waals surface area contributed by atoms with Gasteiger partial charge in [0.15, 0.2) is 5.65 Å². The molecule has 3 rings (SSSR count). The number of nitrogens with one attached hydrogen (secondary N) is 1. The molecule has 0 bridgehead atoms. The normalized spacial score (nSPS) is 10.8. The van der Waals surface area contributed by atoms with E-state index in [1.54, 1.807) is 55.5 Å². The summed E-state index contributed by atoms with van der Waals surface area (Å²) >= 11 is 0. The number of benzene rings is 1. The van der Waals surface area contributed by atoms with E-state index in [0.717, 1.165) is 0 Å². The SMILES string of the molecule is CN(C)c1ccc(C(=O)NCCn2nc3ccccn3c2=O)cc1F. The first-order valence-electron chi connectivity index (χ1n) is 7.76. The summed E-state index contributed by atoms with van der Waals surface area (Å²) in [5, 5.41) is 6.84. The van der Waals surface area contributed by atoms with Gasteiger partial charge in [-0.2, -0.15) is 0 Å². The van der Waals surface area contributed by atoms with Gasteiger partial charge in [0.2, 0.25) is 0 Å². The Labute approximate surface area is 143 Å². The molecule has 0 atom stereocenters. The topological polar surface area (TPSA) is 71.6 Å². The van der Waals surface area contributed by atoms with Crippen LogP contribution < -0.4 is 15.9 Å². The minimum Gasteiger partial charge on any atom is -0.375 e. The molecule has 2 aromatic heterocycles. The number of anilines is 1. The Morgan fingerprint density at radius 1 is 1.28 bits per heavy atom. The molecule has 0 saturated heterocycles. The van der Waals surface area contributed by atoms with E-state index in [-0.39, 0.29) is 24.3 Å². The number of amides is 1. The summed E-state index contributed by atoms with van der Waals surface area (Å²) < 4.78 is 16.7. The number of hydrogen-bond acceptors (Lipinski definition) is 4. The van der Waals surface area contributed by atoms with E-state index in [4.69, 9.17) is 0 Å². The van der Waals surface area contributed by atoms with Crippen LogP contribution in [0.1, 0.15) is 10.4 Å². The van der Waals surface area contributed by atoms with Gasteiger partial charge in [0.1, 0.15) is 5.82 Å². The van der Waals surface area contributed by atoms with Crippen LogP contribution in [0.15, 0.2) is 47.4 Å². The summed E-state index contributed by atoms with van der Waals surface area (Å²) in [5.41, 5.74) is 0.907. The van der Waals surface area contributed by atoms with Crippen LogP contribution in [0.2, 0.25) is 0 Å². The lowest BCUT2D eigenvalue weighted by atomic mass is 10.1. The standard InChI is InChI=1S/C17H18FN5O2/c1-21(2)14-7-6-12(11-13(14)18)16(24)19-8-10-23-17(25)22-9-4-3-5-15(22)20-23/h3-7,9,11H,8,10H2,1-2H3,(H,19,24). The maximum absolute atomic E-state index is 13.9. The Morgan fingerprint density at radius 3 is 2.76 bits per heavy atom. The van der Waals surface area contributed by atoms with Crippen molar-refractivity contribution < 1.29 is 9.18 Å². The molecule has 25 heavy (non-hydrogen) atoms. The largest absolute Gasteiger partial charge is 0.375 e. The predicted molar refractivity (Wildman–Crippen MR) is 92.5 cm³/mol. The van der Waals surface area contributed by atoms with Gasteiger partial charge in [0.25, 0.3) is 5.91 Å². The maximum atomic E-state index is 13.9. The third-order valence-electron chi connectivity index (χ3n) is 3.79. The van der Waals surface area contributed by atoms with Crippen molar-refractivity contribution in [2.75, 3.05) is 25.5 Å². The molecule has 1 aromatic carbocycles. The monoisotopic (exact) mass is 343 g/mol. The predicted octanol–water partition coefficient (Wildman–Crippen LogP) is 1.13. The average molecular weight is 343 g/mol. The van der Waals surface area contributed by atoms with Crippen molar-refractivity contribution in [1.29, 1.82) is 0 Å². The van der Waals surface area contributed by atoms with Crippen LogP contribution >= 0.6 is 0 Å². The van der Waals surface area contributed by atoms with Crippen molar-refractivity contribution in [3.63, 3.8) is 0 Å². The molecule has 0 saturated carbocycles. The minimum atomic E-state index is -0.464. The molecule has 1 amide bonds. The van der Waals surface area contributed by atoms with E-state index in [1.165, 1.54) is 15.1 Å². The van der Waals surface area contributed by atoms with E-state index < -0.39 is 11.7 Å². The number of halogens is 1. The number of carbonyl (C=O) groups excluding carboxylic acids is 1. The molecule has 7 nitrogen and oxygen atoms in total. The van der Waals surface area contributed by atoms with E-state index in [0.29, 0.717) is 11.3 Å². The number of aromatic nitrogens is 3. The molecule has 3 aromatic rings. The van der Waals surface area contributed by atoms with Crippen LogP contribution in [0.5, 0.6) is 0 Å². The molecular formula is C17H18FN5O2. The minimum absolute atomic E-state index is 0.208. The number of hydrogen-bond donors (Lipinski definition) is 1. The lowest BCUT2D eigenvalue weighted by molar-refractivity contribution is 0.0951. The quantitative estimate of drug-likeness (QED) is 0.754. The van der Waals surface area contributed by atoms with Crippen LogP contribution in [0.3, 0.4) is 0 Å². The lowest BCUT2D eigenvalue weighted by Crippen LogP contribution is -2.31. The van der Waals surface area contributed by atoms with Gasteiger partial charge in [0, 0.05) is 32.4 Å². The van der Waals surface area contributed by atoms with Gasteiger partial charge in [-0.05, 0) is 30.3 Å². The highest BCUT2D eigenvalue weighted by atomic mass is 19.1. The molecule has 2 heterocycles. The van der Waals surface area contributed by atoms with Gasteiger partial charge in [-0.25, -0.2) is 13.9 Å². The summed E-state index contributed by atoms with van der Waals surface area (Å²) in [7, 11) is 3.45. The zero-order chi connectivity index (χ0) is 18.0. The second-order valence-corrected chi connectivity index (χ2v) is 5.75. The summed E-state index contributed by atoms with van der Waals surface area (Å²) in [6.45, 7) is 0.435. The highest BCUT2D eigenvalue weighted by Crippen LogP contribution is 2.18. The first-order chi connectivity index (χ1) is 12.0. The smallest absolute Gasteiger partial charge is 0.350 e. The van der Waals surface area contributed by atoms with Crippen LogP contribution in [-0.2, 0) is 6.54 Å². The number of pyridine rings is 1. The Balaban J connectivity index is 1.65. The maximum Gasteiger partial charge on any atom is 0.350 e. The van der Waals surface area contributed by atoms with Crippen molar-refractivity contribution in [3.05, 3.63) is 64.5 Å². The van der Waals surface area contributed by atoms with Crippen LogP contribution in [-0.4, -0.2) is 40.7 Å². The molecule has 0 radical (unpaired) electrons. The van der Waals surface area contributed by atoms with Crippen molar-refractivity contribution in [2.24, 2.45) is 0 Å². The van der Waals surface area contributed by atoms with Gasteiger partial charge in [0.05, 0.1) is 12.2 Å². The summed E-state index contributed by atoms with van der Waals surface area (Å²) in [4.78, 5) is 25.9. The molecule has 130 valence electrons. The van der Waals surface area contributed by atoms with Crippen LogP contribution in [0, 0.1) is 5.82 Å².